The molecule has 0 aliphatic heterocycles. The van der Waals surface area contributed by atoms with E-state index < -0.39 is 97.5 Å². The van der Waals surface area contributed by atoms with E-state index in [1.807, 2.05) is 0 Å². The number of ether oxygens (including phenoxy) is 4. The second-order valence-corrected chi connectivity index (χ2v) is 27.8. The summed E-state index contributed by atoms with van der Waals surface area (Å²) < 4.78 is 68.0. The van der Waals surface area contributed by atoms with Crippen molar-refractivity contribution in [2.75, 3.05) is 39.6 Å². The molecule has 0 heterocycles. The molecular formula is C65H126O17P2. The molecule has 3 N–H and O–H groups in total. The highest BCUT2D eigenvalue weighted by Crippen LogP contribution is 2.45. The molecule has 0 spiro atoms. The maximum atomic E-state index is 13.0. The monoisotopic (exact) mass is 1240 g/mol. The minimum atomic E-state index is -4.95. The van der Waals surface area contributed by atoms with E-state index in [2.05, 4.69) is 55.4 Å². The topological polar surface area (TPSA) is 237 Å². The lowest BCUT2D eigenvalue weighted by molar-refractivity contribution is -0.161. The lowest BCUT2D eigenvalue weighted by Crippen LogP contribution is -2.30. The van der Waals surface area contributed by atoms with Crippen LogP contribution in [0.15, 0.2) is 0 Å². The summed E-state index contributed by atoms with van der Waals surface area (Å²) in [4.78, 5) is 72.2. The van der Waals surface area contributed by atoms with Crippen molar-refractivity contribution in [2.24, 2.45) is 23.7 Å². The average Bonchev–Trinajstić information content (AvgIpc) is 3.49. The van der Waals surface area contributed by atoms with E-state index in [0.717, 1.165) is 108 Å². The molecule has 84 heavy (non-hydrogen) atoms. The number of hydrogen-bond acceptors (Lipinski definition) is 15. The average molecular weight is 1240 g/mol. The Labute approximate surface area is 511 Å². The lowest BCUT2D eigenvalue weighted by Gasteiger charge is -2.21. The molecule has 0 aromatic rings. The third-order valence-electron chi connectivity index (χ3n) is 15.5. The Bertz CT molecular complexity index is 1680. The van der Waals surface area contributed by atoms with Gasteiger partial charge in [-0.2, -0.15) is 0 Å². The fraction of sp³-hybridized carbons (Fsp3) is 0.938. The summed E-state index contributed by atoms with van der Waals surface area (Å²) >= 11 is 0. The third-order valence-corrected chi connectivity index (χ3v) is 17.4. The number of aliphatic hydroxyl groups is 1. The van der Waals surface area contributed by atoms with Crippen molar-refractivity contribution in [1.82, 2.24) is 0 Å². The van der Waals surface area contributed by atoms with E-state index >= 15 is 0 Å². The number of phosphoric ester groups is 2. The van der Waals surface area contributed by atoms with Crippen molar-refractivity contribution >= 4 is 39.5 Å². The van der Waals surface area contributed by atoms with Crippen molar-refractivity contribution < 1.29 is 80.2 Å². The molecule has 0 bridgehead atoms. The van der Waals surface area contributed by atoms with E-state index in [0.29, 0.717) is 37.5 Å². The van der Waals surface area contributed by atoms with Gasteiger partial charge in [0.25, 0.3) is 0 Å². The fourth-order valence-corrected chi connectivity index (χ4v) is 11.1. The molecule has 0 radical (unpaired) electrons. The quantitative estimate of drug-likeness (QED) is 0.0222. The van der Waals surface area contributed by atoms with Gasteiger partial charge in [-0.3, -0.25) is 37.3 Å². The highest BCUT2D eigenvalue weighted by atomic mass is 31.2. The molecule has 0 aromatic carbocycles. The van der Waals surface area contributed by atoms with Crippen LogP contribution >= 0.6 is 15.6 Å². The van der Waals surface area contributed by atoms with E-state index in [1.165, 1.54) is 109 Å². The normalized spacial score (nSPS) is 15.1. The van der Waals surface area contributed by atoms with Crippen LogP contribution < -0.4 is 0 Å². The van der Waals surface area contributed by atoms with Gasteiger partial charge in [0.1, 0.15) is 19.3 Å². The van der Waals surface area contributed by atoms with Crippen LogP contribution in [0.4, 0.5) is 0 Å². The van der Waals surface area contributed by atoms with Crippen LogP contribution in [0, 0.1) is 23.7 Å². The van der Waals surface area contributed by atoms with Crippen molar-refractivity contribution in [3.8, 4) is 0 Å². The number of carbonyl (C=O) groups excluding carboxylic acids is 4. The first kappa shape index (κ1) is 82.1. The number of esters is 4. The Morgan fingerprint density at radius 2 is 0.571 bits per heavy atom. The van der Waals surface area contributed by atoms with Crippen LogP contribution in [-0.2, 0) is 65.4 Å². The zero-order valence-electron chi connectivity index (χ0n) is 54.5. The van der Waals surface area contributed by atoms with Gasteiger partial charge < -0.3 is 33.8 Å². The Balaban J connectivity index is 5.23. The Morgan fingerprint density at radius 3 is 0.845 bits per heavy atom. The van der Waals surface area contributed by atoms with E-state index in [1.54, 1.807) is 0 Å². The summed E-state index contributed by atoms with van der Waals surface area (Å²) in [6.07, 6.45) is 35.0. The maximum Gasteiger partial charge on any atom is 0.472 e. The predicted octanol–water partition coefficient (Wildman–Crippen LogP) is 17.8. The first-order valence-corrected chi connectivity index (χ1v) is 36.8. The largest absolute Gasteiger partial charge is 0.472 e. The number of unbranched alkanes of at least 4 members (excludes halogenated alkanes) is 26. The standard InChI is InChI=1S/C65H126O17P2/c1-9-57(7)43-35-27-17-13-11-12-14-19-29-37-45-62(67)75-51-61(82-65(70)48-40-32-24-22-26-34-42-56(5)6)54-80-84(73,74)78-50-59(66)49-77-83(71,72)79-53-60(52-76-63(68)46-38-30-23-21-25-33-41-55(3)4)81-64(69)47-39-31-20-16-15-18-28-36-44-58(8)10-2/h55-61,66H,9-54H2,1-8H3,(H,71,72)(H,73,74)/t57?,58?,59-,60+,61+/m0/s1. The molecule has 498 valence electrons. The molecule has 0 aromatic heterocycles. The van der Waals surface area contributed by atoms with Gasteiger partial charge >= 0.3 is 39.5 Å². The number of carbonyl (C=O) groups is 4. The molecule has 17 nitrogen and oxygen atoms in total. The van der Waals surface area contributed by atoms with Crippen molar-refractivity contribution in [3.05, 3.63) is 0 Å². The first-order valence-electron chi connectivity index (χ1n) is 33.8. The predicted molar refractivity (Wildman–Crippen MR) is 335 cm³/mol. The van der Waals surface area contributed by atoms with Gasteiger partial charge in [0, 0.05) is 25.7 Å². The molecule has 19 heteroatoms. The summed E-state index contributed by atoms with van der Waals surface area (Å²) in [6.45, 7) is 14.0. The smallest absolute Gasteiger partial charge is 0.462 e. The van der Waals surface area contributed by atoms with E-state index in [9.17, 15) is 43.2 Å². The number of phosphoric acid groups is 2. The zero-order chi connectivity index (χ0) is 62.5. The van der Waals surface area contributed by atoms with Crippen LogP contribution in [0.1, 0.15) is 312 Å². The van der Waals surface area contributed by atoms with Gasteiger partial charge in [-0.1, -0.05) is 261 Å². The number of hydrogen-bond donors (Lipinski definition) is 3. The Kier molecular flexibility index (Phi) is 53.9. The molecule has 0 amide bonds. The third kappa shape index (κ3) is 56.6. The second kappa shape index (κ2) is 55.2. The van der Waals surface area contributed by atoms with Crippen LogP contribution in [0.2, 0.25) is 0 Å². The molecule has 0 saturated heterocycles. The summed E-state index contributed by atoms with van der Waals surface area (Å²) in [5.41, 5.74) is 0. The molecule has 4 unspecified atom stereocenters. The van der Waals surface area contributed by atoms with Crippen LogP contribution in [0.3, 0.4) is 0 Å². The van der Waals surface area contributed by atoms with Crippen molar-refractivity contribution in [1.29, 1.82) is 0 Å². The summed E-state index contributed by atoms with van der Waals surface area (Å²) in [5.74, 6) is 0.784. The SMILES string of the molecule is CCC(C)CCCCCCCCCCCCC(=O)OC[C@H](COP(=O)(O)OC[C@@H](O)COP(=O)(O)OC[C@@H](COC(=O)CCCCCCCCC(C)C)OC(=O)CCCCCCCCCCC(C)CC)OC(=O)CCCCCCCCC(C)C. The van der Waals surface area contributed by atoms with Gasteiger partial charge in [0.05, 0.1) is 26.4 Å². The molecule has 0 saturated carbocycles. The summed E-state index contributed by atoms with van der Waals surface area (Å²) in [6, 6.07) is 0. The van der Waals surface area contributed by atoms with Crippen LogP contribution in [0.25, 0.3) is 0 Å². The van der Waals surface area contributed by atoms with Crippen molar-refractivity contribution in [2.45, 2.75) is 331 Å². The molecule has 7 atom stereocenters. The minimum Gasteiger partial charge on any atom is -0.462 e. The number of rotatable bonds is 62. The van der Waals surface area contributed by atoms with Gasteiger partial charge in [-0.05, 0) is 49.4 Å². The fourth-order valence-electron chi connectivity index (χ4n) is 9.54. The lowest BCUT2D eigenvalue weighted by atomic mass is 9.99. The maximum absolute atomic E-state index is 13.0. The zero-order valence-corrected chi connectivity index (χ0v) is 56.3. The molecular weight excluding hydrogens is 1110 g/mol. The van der Waals surface area contributed by atoms with Gasteiger partial charge in [0.15, 0.2) is 12.2 Å². The van der Waals surface area contributed by atoms with Gasteiger partial charge in [-0.25, -0.2) is 9.13 Å². The van der Waals surface area contributed by atoms with E-state index in [4.69, 9.17) is 37.0 Å². The van der Waals surface area contributed by atoms with Crippen molar-refractivity contribution in [3.63, 3.8) is 0 Å². The highest BCUT2D eigenvalue weighted by molar-refractivity contribution is 7.47. The first-order chi connectivity index (χ1) is 40.2. The Morgan fingerprint density at radius 1 is 0.333 bits per heavy atom. The van der Waals surface area contributed by atoms with Crippen LogP contribution in [-0.4, -0.2) is 96.7 Å². The highest BCUT2D eigenvalue weighted by Gasteiger charge is 2.30. The molecule has 0 fully saturated rings. The molecule has 0 aliphatic rings. The summed E-state index contributed by atoms with van der Waals surface area (Å²) in [5, 5.41) is 10.5. The van der Waals surface area contributed by atoms with Gasteiger partial charge in [0.2, 0.25) is 0 Å². The van der Waals surface area contributed by atoms with Gasteiger partial charge in [-0.15, -0.1) is 0 Å². The molecule has 0 rings (SSSR count). The Hall–Kier alpha value is -1.94. The van der Waals surface area contributed by atoms with Crippen LogP contribution in [0.5, 0.6) is 0 Å². The second-order valence-electron chi connectivity index (χ2n) is 24.9. The molecule has 0 aliphatic carbocycles. The number of aliphatic hydroxyl groups excluding tert-OH is 1. The summed E-state index contributed by atoms with van der Waals surface area (Å²) in [7, 11) is -9.89. The van der Waals surface area contributed by atoms with E-state index in [-0.39, 0.29) is 25.7 Å². The minimum absolute atomic E-state index is 0.101.